The fourth-order valence-electron chi connectivity index (χ4n) is 6.87. The minimum atomic E-state index is -0.0391. The molecular weight excluding hydrogens is 632 g/mol. The van der Waals surface area contributed by atoms with Gasteiger partial charge in [-0.2, -0.15) is 0 Å². The second-order valence-corrected chi connectivity index (χ2v) is 13.6. The number of nitrogens with two attached hydrogens (primary N) is 1. The van der Waals surface area contributed by atoms with Gasteiger partial charge in [-0.15, -0.1) is 0 Å². The second kappa shape index (κ2) is 21.6. The highest BCUT2D eigenvalue weighted by atomic mass is 16.5. The van der Waals surface area contributed by atoms with Gasteiger partial charge in [-0.25, -0.2) is 9.97 Å². The van der Waals surface area contributed by atoms with Crippen molar-refractivity contribution in [2.75, 3.05) is 45.3 Å². The number of unbranched alkanes of at least 4 members (excludes halogenated alkanes) is 5. The van der Waals surface area contributed by atoms with E-state index in [1.165, 1.54) is 0 Å². The Morgan fingerprint density at radius 1 is 0.800 bits per heavy atom. The van der Waals surface area contributed by atoms with Crippen molar-refractivity contribution in [3.63, 3.8) is 0 Å². The van der Waals surface area contributed by atoms with Gasteiger partial charge in [0, 0.05) is 56.1 Å². The lowest BCUT2D eigenvalue weighted by molar-refractivity contribution is -0.129. The summed E-state index contributed by atoms with van der Waals surface area (Å²) in [5.74, 6) is 1.98. The van der Waals surface area contributed by atoms with Gasteiger partial charge in [-0.05, 0) is 57.4 Å². The van der Waals surface area contributed by atoms with Crippen LogP contribution >= 0.6 is 0 Å². The molecule has 0 aliphatic heterocycles. The number of nitrogen functional groups attached to an aromatic ring is 1. The van der Waals surface area contributed by atoms with Gasteiger partial charge in [0.05, 0.1) is 37.5 Å². The van der Waals surface area contributed by atoms with Gasteiger partial charge in [0.2, 0.25) is 11.8 Å². The molecule has 1 saturated carbocycles. The number of carbonyl (C=O) groups is 3. The number of carbonyl (C=O) groups excluding carboxylic acids is 3. The Bertz CT molecular complexity index is 1500. The van der Waals surface area contributed by atoms with Gasteiger partial charge in [-0.3, -0.25) is 14.4 Å². The van der Waals surface area contributed by atoms with E-state index >= 15 is 0 Å². The maximum Gasteiger partial charge on any atom is 0.223 e. The Labute approximate surface area is 297 Å². The molecule has 1 fully saturated rings. The zero-order valence-electron chi connectivity index (χ0n) is 30.5. The number of fused-ring (bicyclic) bond motifs is 3. The summed E-state index contributed by atoms with van der Waals surface area (Å²) in [6, 6.07) is 8.11. The number of pyridine rings is 1. The molecule has 2 amide bonds. The monoisotopic (exact) mass is 692 g/mol. The number of para-hydroxylation sites is 1. The summed E-state index contributed by atoms with van der Waals surface area (Å²) in [4.78, 5) is 47.0. The van der Waals surface area contributed by atoms with Crippen molar-refractivity contribution in [1.29, 1.82) is 0 Å². The molecule has 0 radical (unpaired) electrons. The Kier molecular flexibility index (Phi) is 16.9. The Hall–Kier alpha value is -3.57. The van der Waals surface area contributed by atoms with Crippen molar-refractivity contribution >= 4 is 45.4 Å². The standard InChI is InChI=1S/C39H60N6O5/c1-3-5-11-22-41-35(47)21-25-49-27-28-50-26-23-42-39(48)30-19-17-29(18-20-30)33(46)15-8-7-12-24-45-34(16-6-4-2)44-36-37(45)31-13-9-10-14-32(31)43-38(36)40/h9-10,13-14,29-30H,3-8,11-12,15-28H2,1-2H3,(H2,40,43)(H,41,47)(H,42,48). The van der Waals surface area contributed by atoms with E-state index in [2.05, 4.69) is 40.1 Å². The van der Waals surface area contributed by atoms with Crippen LogP contribution in [0.2, 0.25) is 0 Å². The summed E-state index contributed by atoms with van der Waals surface area (Å²) in [7, 11) is 0. The van der Waals surface area contributed by atoms with Crippen LogP contribution in [-0.4, -0.2) is 71.6 Å². The molecule has 0 spiro atoms. The number of hydrogen-bond acceptors (Lipinski definition) is 8. The number of benzene rings is 1. The lowest BCUT2D eigenvalue weighted by Crippen LogP contribution is -2.36. The van der Waals surface area contributed by atoms with Crippen molar-refractivity contribution < 1.29 is 23.9 Å². The van der Waals surface area contributed by atoms with Crippen molar-refractivity contribution in [3.05, 3.63) is 30.1 Å². The van der Waals surface area contributed by atoms with E-state index in [1.54, 1.807) is 0 Å². The molecule has 11 nitrogen and oxygen atoms in total. The van der Waals surface area contributed by atoms with Crippen LogP contribution in [0, 0.1) is 11.8 Å². The topological polar surface area (TPSA) is 150 Å². The molecule has 1 aromatic carbocycles. The molecule has 0 atom stereocenters. The largest absolute Gasteiger partial charge is 0.382 e. The number of rotatable bonds is 24. The fourth-order valence-corrected chi connectivity index (χ4v) is 6.87. The molecule has 276 valence electrons. The van der Waals surface area contributed by atoms with E-state index in [0.29, 0.717) is 57.4 Å². The SMILES string of the molecule is CCCCCNC(=O)CCOCCOCCNC(=O)C1CCC(C(=O)CCCCCn2c(CCCC)nc3c(N)nc4ccccc4c32)CC1. The zero-order valence-corrected chi connectivity index (χ0v) is 30.5. The number of ketones is 1. The van der Waals surface area contributed by atoms with Crippen molar-refractivity contribution in [1.82, 2.24) is 25.2 Å². The number of aryl methyl sites for hydroxylation is 2. The van der Waals surface area contributed by atoms with E-state index in [0.717, 1.165) is 124 Å². The van der Waals surface area contributed by atoms with Crippen LogP contribution in [0.3, 0.4) is 0 Å². The van der Waals surface area contributed by atoms with E-state index in [9.17, 15) is 14.4 Å². The molecule has 4 N–H and O–H groups in total. The summed E-state index contributed by atoms with van der Waals surface area (Å²) >= 11 is 0. The van der Waals surface area contributed by atoms with Crippen LogP contribution in [0.1, 0.15) is 110 Å². The third-order valence-electron chi connectivity index (χ3n) is 9.80. The highest BCUT2D eigenvalue weighted by molar-refractivity contribution is 6.06. The van der Waals surface area contributed by atoms with Crippen LogP contribution < -0.4 is 16.4 Å². The number of amides is 2. The maximum absolute atomic E-state index is 13.0. The zero-order chi connectivity index (χ0) is 35.6. The van der Waals surface area contributed by atoms with Gasteiger partial charge in [0.15, 0.2) is 5.82 Å². The lowest BCUT2D eigenvalue weighted by Gasteiger charge is -2.27. The van der Waals surface area contributed by atoms with Gasteiger partial charge in [0.1, 0.15) is 17.1 Å². The van der Waals surface area contributed by atoms with E-state index < -0.39 is 0 Å². The average molecular weight is 693 g/mol. The molecule has 0 saturated heterocycles. The molecule has 11 heteroatoms. The molecule has 2 aromatic heterocycles. The summed E-state index contributed by atoms with van der Waals surface area (Å²) < 4.78 is 13.4. The lowest BCUT2D eigenvalue weighted by atomic mass is 9.78. The van der Waals surface area contributed by atoms with E-state index in [1.807, 2.05) is 18.2 Å². The van der Waals surface area contributed by atoms with Crippen LogP contribution in [-0.2, 0) is 36.8 Å². The quantitative estimate of drug-likeness (QED) is 0.0928. The van der Waals surface area contributed by atoms with Crippen LogP contribution in [0.15, 0.2) is 24.3 Å². The Morgan fingerprint density at radius 2 is 1.54 bits per heavy atom. The van der Waals surface area contributed by atoms with Crippen molar-refractivity contribution in [2.24, 2.45) is 11.8 Å². The smallest absolute Gasteiger partial charge is 0.223 e. The average Bonchev–Trinajstić information content (AvgIpc) is 3.50. The first kappa shape index (κ1) is 39.2. The Morgan fingerprint density at radius 3 is 2.32 bits per heavy atom. The molecule has 50 heavy (non-hydrogen) atoms. The predicted molar refractivity (Wildman–Crippen MR) is 199 cm³/mol. The van der Waals surface area contributed by atoms with Gasteiger partial charge in [-0.1, -0.05) is 57.7 Å². The molecule has 3 aromatic rings. The van der Waals surface area contributed by atoms with Gasteiger partial charge >= 0.3 is 0 Å². The number of imidazole rings is 1. The van der Waals surface area contributed by atoms with Gasteiger partial charge in [0.25, 0.3) is 0 Å². The number of nitrogens with one attached hydrogen (secondary N) is 2. The van der Waals surface area contributed by atoms with Crippen LogP contribution in [0.4, 0.5) is 5.82 Å². The number of hydrogen-bond donors (Lipinski definition) is 3. The molecule has 0 unspecified atom stereocenters. The third kappa shape index (κ3) is 12.0. The van der Waals surface area contributed by atoms with E-state index in [-0.39, 0.29) is 23.7 Å². The molecular formula is C39H60N6O5. The minimum absolute atomic E-state index is 0.0185. The highest BCUT2D eigenvalue weighted by Crippen LogP contribution is 2.32. The predicted octanol–water partition coefficient (Wildman–Crippen LogP) is 6.29. The number of anilines is 1. The van der Waals surface area contributed by atoms with Gasteiger partial charge < -0.3 is 30.4 Å². The molecule has 2 heterocycles. The summed E-state index contributed by atoms with van der Waals surface area (Å²) in [6.45, 7) is 7.98. The summed E-state index contributed by atoms with van der Waals surface area (Å²) in [5, 5.41) is 6.96. The van der Waals surface area contributed by atoms with Crippen molar-refractivity contribution in [3.8, 4) is 0 Å². The first-order chi connectivity index (χ1) is 24.4. The maximum atomic E-state index is 13.0. The minimum Gasteiger partial charge on any atom is -0.382 e. The summed E-state index contributed by atoms with van der Waals surface area (Å²) in [5.41, 5.74) is 9.09. The first-order valence-electron chi connectivity index (χ1n) is 19.2. The number of ether oxygens (including phenoxy) is 2. The number of nitrogens with zero attached hydrogens (tertiary/aromatic N) is 3. The number of aromatic nitrogens is 3. The highest BCUT2D eigenvalue weighted by Gasteiger charge is 2.29. The molecule has 1 aliphatic carbocycles. The summed E-state index contributed by atoms with van der Waals surface area (Å²) in [6.07, 6.45) is 13.2. The fraction of sp³-hybridized carbons (Fsp3) is 0.667. The van der Waals surface area contributed by atoms with Crippen LogP contribution in [0.5, 0.6) is 0 Å². The normalized spacial score (nSPS) is 16.2. The Balaban J connectivity index is 1.07. The first-order valence-corrected chi connectivity index (χ1v) is 19.2. The number of Topliss-reactive ketones (excluding diaryl/α,β-unsaturated/α-hetero) is 1. The molecule has 0 bridgehead atoms. The molecule has 1 aliphatic rings. The second-order valence-electron chi connectivity index (χ2n) is 13.6. The van der Waals surface area contributed by atoms with Crippen LogP contribution in [0.25, 0.3) is 21.9 Å². The molecule has 4 rings (SSSR count). The third-order valence-corrected chi connectivity index (χ3v) is 9.80. The van der Waals surface area contributed by atoms with Crippen molar-refractivity contribution in [2.45, 2.75) is 117 Å². The van der Waals surface area contributed by atoms with E-state index in [4.69, 9.17) is 20.2 Å².